The van der Waals surface area contributed by atoms with Crippen LogP contribution >= 0.6 is 0 Å². The molecule has 2 rings (SSSR count). The molecule has 0 aromatic heterocycles. The van der Waals surface area contributed by atoms with Crippen LogP contribution in [0.3, 0.4) is 0 Å². The van der Waals surface area contributed by atoms with Crippen LogP contribution in [0, 0.1) is 5.82 Å². The standard InChI is InChI=1S/C13H15F4NO2/c14-11-2-1-9(5-10(11)13(15,16)17)6-18-7-12(19)3-4-20-8-12/h1-2,5,18-19H,3-4,6-8H2/t12-/m1/s1. The van der Waals surface area contributed by atoms with Gasteiger partial charge in [-0.3, -0.25) is 0 Å². The van der Waals surface area contributed by atoms with E-state index in [9.17, 15) is 22.7 Å². The first kappa shape index (κ1) is 15.2. The highest BCUT2D eigenvalue weighted by molar-refractivity contribution is 5.27. The normalized spacial score (nSPS) is 23.2. The van der Waals surface area contributed by atoms with E-state index >= 15 is 0 Å². The summed E-state index contributed by atoms with van der Waals surface area (Å²) in [6.45, 7) is 1.00. The highest BCUT2D eigenvalue weighted by Crippen LogP contribution is 2.31. The monoisotopic (exact) mass is 293 g/mol. The third kappa shape index (κ3) is 3.68. The summed E-state index contributed by atoms with van der Waals surface area (Å²) in [7, 11) is 0. The van der Waals surface area contributed by atoms with Crippen LogP contribution in [0.15, 0.2) is 18.2 Å². The summed E-state index contributed by atoms with van der Waals surface area (Å²) in [6, 6.07) is 2.86. The van der Waals surface area contributed by atoms with Gasteiger partial charge in [0.25, 0.3) is 0 Å². The van der Waals surface area contributed by atoms with Gasteiger partial charge in [0, 0.05) is 26.1 Å². The summed E-state index contributed by atoms with van der Waals surface area (Å²) in [5, 5.41) is 12.8. The maximum Gasteiger partial charge on any atom is 0.419 e. The Bertz CT molecular complexity index is 470. The van der Waals surface area contributed by atoms with Crippen LogP contribution in [0.5, 0.6) is 0 Å². The zero-order valence-corrected chi connectivity index (χ0v) is 10.6. The fourth-order valence-corrected chi connectivity index (χ4v) is 2.08. The number of ether oxygens (including phenoxy) is 1. The van der Waals surface area contributed by atoms with Crippen molar-refractivity contribution in [2.75, 3.05) is 19.8 Å². The predicted octanol–water partition coefficient (Wildman–Crippen LogP) is 2.09. The highest BCUT2D eigenvalue weighted by atomic mass is 19.4. The van der Waals surface area contributed by atoms with Gasteiger partial charge in [-0.1, -0.05) is 6.07 Å². The van der Waals surface area contributed by atoms with E-state index in [4.69, 9.17) is 4.74 Å². The number of aliphatic hydroxyl groups is 1. The molecule has 1 saturated heterocycles. The van der Waals surface area contributed by atoms with Crippen LogP contribution in [-0.4, -0.2) is 30.5 Å². The predicted molar refractivity (Wildman–Crippen MR) is 63.5 cm³/mol. The van der Waals surface area contributed by atoms with E-state index in [2.05, 4.69) is 5.32 Å². The van der Waals surface area contributed by atoms with Gasteiger partial charge in [-0.2, -0.15) is 13.2 Å². The Morgan fingerprint density at radius 2 is 2.10 bits per heavy atom. The number of nitrogens with one attached hydrogen (secondary N) is 1. The molecule has 1 aliphatic rings. The maximum atomic E-state index is 13.1. The first-order chi connectivity index (χ1) is 9.30. The molecule has 0 radical (unpaired) electrons. The van der Waals surface area contributed by atoms with E-state index in [1.807, 2.05) is 0 Å². The van der Waals surface area contributed by atoms with Crippen molar-refractivity contribution in [1.29, 1.82) is 0 Å². The topological polar surface area (TPSA) is 41.5 Å². The minimum absolute atomic E-state index is 0.117. The first-order valence-corrected chi connectivity index (χ1v) is 6.17. The molecule has 0 bridgehead atoms. The summed E-state index contributed by atoms with van der Waals surface area (Å²) in [6.07, 6.45) is -4.23. The van der Waals surface area contributed by atoms with Crippen LogP contribution in [0.4, 0.5) is 17.6 Å². The van der Waals surface area contributed by atoms with E-state index in [1.165, 1.54) is 6.07 Å². The molecule has 7 heteroatoms. The molecule has 0 saturated carbocycles. The van der Waals surface area contributed by atoms with Gasteiger partial charge in [0.2, 0.25) is 0 Å². The summed E-state index contributed by atoms with van der Waals surface area (Å²) in [5.41, 5.74) is -1.95. The minimum atomic E-state index is -4.71. The van der Waals surface area contributed by atoms with E-state index in [-0.39, 0.29) is 19.7 Å². The van der Waals surface area contributed by atoms with Crippen LogP contribution in [-0.2, 0) is 17.5 Å². The van der Waals surface area contributed by atoms with Gasteiger partial charge < -0.3 is 15.2 Å². The highest BCUT2D eigenvalue weighted by Gasteiger charge is 2.34. The second kappa shape index (κ2) is 5.67. The molecule has 0 unspecified atom stereocenters. The summed E-state index contributed by atoms with van der Waals surface area (Å²) in [4.78, 5) is 0. The number of rotatable bonds is 4. The molecule has 1 heterocycles. The van der Waals surface area contributed by atoms with Crippen molar-refractivity contribution in [3.63, 3.8) is 0 Å². The molecule has 3 nitrogen and oxygen atoms in total. The first-order valence-electron chi connectivity index (χ1n) is 6.17. The molecule has 0 spiro atoms. The number of alkyl halides is 3. The lowest BCUT2D eigenvalue weighted by Gasteiger charge is -2.21. The Morgan fingerprint density at radius 3 is 2.70 bits per heavy atom. The quantitative estimate of drug-likeness (QED) is 0.835. The Hall–Kier alpha value is -1.18. The van der Waals surface area contributed by atoms with Crippen LogP contribution < -0.4 is 5.32 Å². The maximum absolute atomic E-state index is 13.1. The fourth-order valence-electron chi connectivity index (χ4n) is 2.08. The Labute approximate surface area is 113 Å². The Balaban J connectivity index is 1.96. The van der Waals surface area contributed by atoms with E-state index in [0.29, 0.717) is 18.6 Å². The Kier molecular flexibility index (Phi) is 4.31. The van der Waals surface area contributed by atoms with Gasteiger partial charge in [0.15, 0.2) is 0 Å². The van der Waals surface area contributed by atoms with Gasteiger partial charge >= 0.3 is 6.18 Å². The van der Waals surface area contributed by atoms with Gasteiger partial charge in [-0.05, 0) is 17.7 Å². The van der Waals surface area contributed by atoms with Crippen LogP contribution in [0.2, 0.25) is 0 Å². The molecule has 2 N–H and O–H groups in total. The van der Waals surface area contributed by atoms with Crippen molar-refractivity contribution in [3.05, 3.63) is 35.1 Å². The largest absolute Gasteiger partial charge is 0.419 e. The lowest BCUT2D eigenvalue weighted by molar-refractivity contribution is -0.140. The van der Waals surface area contributed by atoms with Crippen molar-refractivity contribution in [3.8, 4) is 0 Å². The fraction of sp³-hybridized carbons (Fsp3) is 0.538. The molecular weight excluding hydrogens is 278 g/mol. The van der Waals surface area contributed by atoms with E-state index in [1.54, 1.807) is 0 Å². The molecule has 1 aromatic carbocycles. The molecule has 112 valence electrons. The molecular formula is C13H15F4NO2. The number of benzene rings is 1. The zero-order chi connectivity index (χ0) is 14.8. The molecule has 1 atom stereocenters. The van der Waals surface area contributed by atoms with Gasteiger partial charge in [-0.15, -0.1) is 0 Å². The SMILES string of the molecule is O[C@@]1(CNCc2ccc(F)c(C(F)(F)F)c2)CCOC1. The third-order valence-corrected chi connectivity index (χ3v) is 3.20. The van der Waals surface area contributed by atoms with Crippen molar-refractivity contribution in [1.82, 2.24) is 5.32 Å². The lowest BCUT2D eigenvalue weighted by atomic mass is 10.0. The van der Waals surface area contributed by atoms with Crippen molar-refractivity contribution < 1.29 is 27.4 Å². The summed E-state index contributed by atoms with van der Waals surface area (Å²) in [5.74, 6) is -1.29. The van der Waals surface area contributed by atoms with Gasteiger partial charge in [0.05, 0.1) is 12.2 Å². The summed E-state index contributed by atoms with van der Waals surface area (Å²) >= 11 is 0. The number of hydrogen-bond acceptors (Lipinski definition) is 3. The van der Waals surface area contributed by atoms with Crippen molar-refractivity contribution in [2.24, 2.45) is 0 Å². The molecule has 0 aliphatic carbocycles. The van der Waals surface area contributed by atoms with E-state index < -0.39 is 23.2 Å². The average Bonchev–Trinajstić information content (AvgIpc) is 2.77. The second-order valence-corrected chi connectivity index (χ2v) is 4.94. The summed E-state index contributed by atoms with van der Waals surface area (Å²) < 4.78 is 55.8. The number of halogens is 4. The van der Waals surface area contributed by atoms with Gasteiger partial charge in [0.1, 0.15) is 11.4 Å². The molecule has 1 fully saturated rings. The van der Waals surface area contributed by atoms with E-state index in [0.717, 1.165) is 12.1 Å². The molecule has 1 aliphatic heterocycles. The van der Waals surface area contributed by atoms with Crippen LogP contribution in [0.25, 0.3) is 0 Å². The molecule has 0 amide bonds. The van der Waals surface area contributed by atoms with Gasteiger partial charge in [-0.25, -0.2) is 4.39 Å². The molecule has 1 aromatic rings. The Morgan fingerprint density at radius 1 is 1.35 bits per heavy atom. The second-order valence-electron chi connectivity index (χ2n) is 4.94. The van der Waals surface area contributed by atoms with Crippen molar-refractivity contribution in [2.45, 2.75) is 24.7 Å². The minimum Gasteiger partial charge on any atom is -0.386 e. The zero-order valence-electron chi connectivity index (χ0n) is 10.6. The lowest BCUT2D eigenvalue weighted by Crippen LogP contribution is -2.40. The van der Waals surface area contributed by atoms with Crippen LogP contribution in [0.1, 0.15) is 17.5 Å². The third-order valence-electron chi connectivity index (χ3n) is 3.20. The average molecular weight is 293 g/mol. The molecule has 20 heavy (non-hydrogen) atoms. The van der Waals surface area contributed by atoms with Crippen molar-refractivity contribution >= 4 is 0 Å². The smallest absolute Gasteiger partial charge is 0.386 e. The number of hydrogen-bond donors (Lipinski definition) is 2.